The van der Waals surface area contributed by atoms with Gasteiger partial charge in [-0.2, -0.15) is 0 Å². The number of nitrogens with one attached hydrogen (secondary N) is 3. The van der Waals surface area contributed by atoms with Crippen LogP contribution in [0.15, 0.2) is 72.8 Å². The van der Waals surface area contributed by atoms with E-state index in [0.29, 0.717) is 30.4 Å². The van der Waals surface area contributed by atoms with Crippen LogP contribution in [-0.2, 0) is 9.59 Å². The molecule has 9 heteroatoms. The van der Waals surface area contributed by atoms with Gasteiger partial charge in [-0.05, 0) is 100 Å². The molecule has 6 rings (SSSR count). The number of carbonyl (C=O) groups is 2. The summed E-state index contributed by atoms with van der Waals surface area (Å²) in [6.07, 6.45) is 4.60. The van der Waals surface area contributed by atoms with Gasteiger partial charge in [-0.3, -0.25) is 19.4 Å². The number of benzene rings is 3. The van der Waals surface area contributed by atoms with Gasteiger partial charge >= 0.3 is 0 Å². The molecule has 0 radical (unpaired) electrons. The van der Waals surface area contributed by atoms with Crippen molar-refractivity contribution in [3.8, 4) is 11.4 Å². The van der Waals surface area contributed by atoms with E-state index >= 15 is 0 Å². The zero-order valence-corrected chi connectivity index (χ0v) is 23.1. The molecule has 3 N–H and O–H groups in total. The monoisotopic (exact) mass is 549 g/mol. The minimum Gasteiger partial charge on any atom is -0.340 e. The van der Waals surface area contributed by atoms with E-state index in [1.807, 2.05) is 72.8 Å². The Morgan fingerprint density at radius 2 is 1.24 bits per heavy atom. The Morgan fingerprint density at radius 1 is 0.659 bits per heavy atom. The van der Waals surface area contributed by atoms with Crippen molar-refractivity contribution in [2.75, 3.05) is 55.2 Å². The largest absolute Gasteiger partial charge is 0.340 e. The van der Waals surface area contributed by atoms with Crippen molar-refractivity contribution < 1.29 is 9.59 Å². The quantitative estimate of drug-likeness (QED) is 0.267. The van der Waals surface area contributed by atoms with Gasteiger partial charge in [0.05, 0.1) is 24.3 Å². The highest BCUT2D eigenvalue weighted by Crippen LogP contribution is 2.31. The van der Waals surface area contributed by atoms with E-state index < -0.39 is 0 Å². The minimum atomic E-state index is -0.0360. The number of hydrogen-bond acceptors (Lipinski definition) is 7. The van der Waals surface area contributed by atoms with Gasteiger partial charge in [0, 0.05) is 22.3 Å². The molecule has 4 aromatic rings. The molecule has 0 saturated carbocycles. The first-order valence-electron chi connectivity index (χ1n) is 14.4. The van der Waals surface area contributed by atoms with Gasteiger partial charge in [0.1, 0.15) is 5.82 Å². The molecule has 1 aromatic heterocycles. The van der Waals surface area contributed by atoms with Crippen LogP contribution >= 0.6 is 0 Å². The summed E-state index contributed by atoms with van der Waals surface area (Å²) < 4.78 is 0. The molecule has 0 spiro atoms. The Balaban J connectivity index is 1.21. The summed E-state index contributed by atoms with van der Waals surface area (Å²) in [6, 6.07) is 23.1. The van der Waals surface area contributed by atoms with E-state index in [9.17, 15) is 9.59 Å². The lowest BCUT2D eigenvalue weighted by Crippen LogP contribution is -2.31. The van der Waals surface area contributed by atoms with Crippen LogP contribution < -0.4 is 16.0 Å². The molecule has 2 aliphatic rings. The molecular weight excluding hydrogens is 514 g/mol. The minimum absolute atomic E-state index is 0.00484. The highest BCUT2D eigenvalue weighted by molar-refractivity contribution is 5.98. The zero-order chi connectivity index (χ0) is 28.0. The fraction of sp³-hybridized carbons (Fsp3) is 0.312. The standard InChI is InChI=1S/C32H35N7O2/c40-29(21-38-17-5-6-18-38)33-23-13-15-24(16-14-23)34-31-26-10-2-4-12-28(26)36-32(37-31)25-9-1-3-11-27(25)35-30(41)22-39-19-7-8-20-39/h1-4,9-16H,5-8,17-22H2,(H,33,40)(H,35,41)(H,34,36,37). The molecule has 0 atom stereocenters. The third-order valence-corrected chi connectivity index (χ3v) is 7.61. The third-order valence-electron chi connectivity index (χ3n) is 7.61. The molecule has 0 bridgehead atoms. The van der Waals surface area contributed by atoms with Crippen LogP contribution in [0.25, 0.3) is 22.3 Å². The van der Waals surface area contributed by atoms with Crippen molar-refractivity contribution >= 4 is 45.6 Å². The van der Waals surface area contributed by atoms with Crippen LogP contribution in [-0.4, -0.2) is 70.9 Å². The third kappa shape index (κ3) is 6.70. The lowest BCUT2D eigenvalue weighted by Gasteiger charge is -2.16. The van der Waals surface area contributed by atoms with Crippen molar-refractivity contribution in [3.63, 3.8) is 0 Å². The van der Waals surface area contributed by atoms with Crippen molar-refractivity contribution in [2.45, 2.75) is 25.7 Å². The fourth-order valence-electron chi connectivity index (χ4n) is 5.53. The molecule has 2 saturated heterocycles. The summed E-state index contributed by atoms with van der Waals surface area (Å²) >= 11 is 0. The summed E-state index contributed by atoms with van der Waals surface area (Å²) in [5, 5.41) is 10.4. The number of aromatic nitrogens is 2. The topological polar surface area (TPSA) is 102 Å². The highest BCUT2D eigenvalue weighted by atomic mass is 16.2. The number of carbonyl (C=O) groups excluding carboxylic acids is 2. The lowest BCUT2D eigenvalue weighted by molar-refractivity contribution is -0.117. The second-order valence-corrected chi connectivity index (χ2v) is 10.7. The Labute approximate surface area is 240 Å². The van der Waals surface area contributed by atoms with Crippen LogP contribution in [0.4, 0.5) is 22.9 Å². The summed E-state index contributed by atoms with van der Waals surface area (Å²) in [7, 11) is 0. The molecule has 3 aromatic carbocycles. The predicted octanol–water partition coefficient (Wildman–Crippen LogP) is 5.11. The van der Waals surface area contributed by atoms with E-state index in [0.717, 1.165) is 79.7 Å². The Kier molecular flexibility index (Phi) is 8.16. The maximum Gasteiger partial charge on any atom is 0.238 e. The van der Waals surface area contributed by atoms with Gasteiger partial charge in [0.25, 0.3) is 0 Å². The van der Waals surface area contributed by atoms with Crippen LogP contribution in [0.3, 0.4) is 0 Å². The Hall–Kier alpha value is -4.34. The number of para-hydroxylation sites is 2. The van der Waals surface area contributed by atoms with Gasteiger partial charge in [-0.15, -0.1) is 0 Å². The van der Waals surface area contributed by atoms with Crippen molar-refractivity contribution in [1.82, 2.24) is 19.8 Å². The first-order valence-corrected chi connectivity index (χ1v) is 14.4. The van der Waals surface area contributed by atoms with Crippen molar-refractivity contribution in [2.24, 2.45) is 0 Å². The number of likely N-dealkylation sites (tertiary alicyclic amines) is 2. The molecule has 0 unspecified atom stereocenters. The molecule has 210 valence electrons. The number of rotatable bonds is 9. The van der Waals surface area contributed by atoms with Gasteiger partial charge < -0.3 is 16.0 Å². The predicted molar refractivity (Wildman–Crippen MR) is 163 cm³/mol. The maximum absolute atomic E-state index is 12.8. The summed E-state index contributed by atoms with van der Waals surface area (Å²) in [5.41, 5.74) is 3.83. The van der Waals surface area contributed by atoms with Gasteiger partial charge in [-0.25, -0.2) is 9.97 Å². The second-order valence-electron chi connectivity index (χ2n) is 10.7. The summed E-state index contributed by atoms with van der Waals surface area (Å²) in [6.45, 7) is 4.71. The molecule has 0 aliphatic carbocycles. The summed E-state index contributed by atoms with van der Waals surface area (Å²) in [4.78, 5) is 39.4. The Morgan fingerprint density at radius 3 is 1.95 bits per heavy atom. The zero-order valence-electron chi connectivity index (χ0n) is 23.1. The first-order chi connectivity index (χ1) is 20.1. The molecule has 2 aliphatic heterocycles. The highest BCUT2D eigenvalue weighted by Gasteiger charge is 2.18. The normalized spacial score (nSPS) is 15.7. The van der Waals surface area contributed by atoms with Gasteiger partial charge in [0.2, 0.25) is 11.8 Å². The van der Waals surface area contributed by atoms with Gasteiger partial charge in [-0.1, -0.05) is 24.3 Å². The lowest BCUT2D eigenvalue weighted by atomic mass is 10.1. The number of fused-ring (bicyclic) bond motifs is 1. The number of hydrogen-bond donors (Lipinski definition) is 3. The van der Waals surface area contributed by atoms with Crippen LogP contribution in [0, 0.1) is 0 Å². The van der Waals surface area contributed by atoms with Crippen LogP contribution in [0.5, 0.6) is 0 Å². The molecule has 41 heavy (non-hydrogen) atoms. The van der Waals surface area contributed by atoms with E-state index in [2.05, 4.69) is 25.8 Å². The van der Waals surface area contributed by atoms with E-state index in [4.69, 9.17) is 9.97 Å². The molecule has 9 nitrogen and oxygen atoms in total. The van der Waals surface area contributed by atoms with Crippen molar-refractivity contribution in [1.29, 1.82) is 0 Å². The van der Waals surface area contributed by atoms with E-state index in [-0.39, 0.29) is 11.8 Å². The molecular formula is C32H35N7O2. The average molecular weight is 550 g/mol. The van der Waals surface area contributed by atoms with Crippen LogP contribution in [0.1, 0.15) is 25.7 Å². The summed E-state index contributed by atoms with van der Waals surface area (Å²) in [5.74, 6) is 1.15. The number of nitrogens with zero attached hydrogens (tertiary/aromatic N) is 4. The van der Waals surface area contributed by atoms with Crippen LogP contribution in [0.2, 0.25) is 0 Å². The first kappa shape index (κ1) is 26.9. The number of amides is 2. The van der Waals surface area contributed by atoms with E-state index in [1.165, 1.54) is 0 Å². The molecule has 2 amide bonds. The Bertz CT molecular complexity index is 1530. The smallest absolute Gasteiger partial charge is 0.238 e. The van der Waals surface area contributed by atoms with Gasteiger partial charge in [0.15, 0.2) is 5.82 Å². The SMILES string of the molecule is O=C(CN1CCCC1)Nc1ccc(Nc2nc(-c3ccccc3NC(=O)CN3CCCC3)nc3ccccc23)cc1. The number of anilines is 4. The molecule has 3 heterocycles. The fourth-order valence-corrected chi connectivity index (χ4v) is 5.53. The average Bonchev–Trinajstić information content (AvgIpc) is 3.69. The van der Waals surface area contributed by atoms with Crippen molar-refractivity contribution in [3.05, 3.63) is 72.8 Å². The van der Waals surface area contributed by atoms with E-state index in [1.54, 1.807) is 0 Å². The second kappa shape index (κ2) is 12.4. The maximum atomic E-state index is 12.8. The molecule has 2 fully saturated rings.